The molecule has 0 N–H and O–H groups in total. The Kier molecular flexibility index (Phi) is 3.30. The van der Waals surface area contributed by atoms with Gasteiger partial charge in [-0.05, 0) is 52.8 Å². The molecule has 1 aromatic rings. The molecule has 0 saturated carbocycles. The predicted octanol–water partition coefficient (Wildman–Crippen LogP) is 3.38. The molecule has 1 rings (SSSR count). The summed E-state index contributed by atoms with van der Waals surface area (Å²) in [6, 6.07) is 4.94. The lowest BCUT2D eigenvalue weighted by Gasteiger charge is -2.01. The van der Waals surface area contributed by atoms with E-state index in [4.69, 9.17) is 0 Å². The number of halogens is 2. The summed E-state index contributed by atoms with van der Waals surface area (Å²) in [4.78, 5) is 0. The van der Waals surface area contributed by atoms with Crippen LogP contribution in [0, 0.1) is 9.39 Å². The summed E-state index contributed by atoms with van der Waals surface area (Å²) in [5.41, 5.74) is 1.12. The van der Waals surface area contributed by atoms with E-state index in [-0.39, 0.29) is 5.82 Å². The lowest BCUT2D eigenvalue weighted by Crippen LogP contribution is -1.89. The maximum Gasteiger partial charge on any atom is 0.123 e. The fourth-order valence-corrected chi connectivity index (χ4v) is 1.61. The summed E-state index contributed by atoms with van der Waals surface area (Å²) < 4.78 is 13.8. The fourth-order valence-electron chi connectivity index (χ4n) is 1.00. The monoisotopic (exact) mass is 264 g/mol. The minimum absolute atomic E-state index is 0.131. The molecule has 0 aliphatic rings. The standard InChI is InChI=1S/C9H10FI/c1-2-3-7-6-8(10)4-5-9(7)11/h4-6H,2-3H2,1H3. The van der Waals surface area contributed by atoms with Gasteiger partial charge in [0.1, 0.15) is 5.82 Å². The number of rotatable bonds is 2. The van der Waals surface area contributed by atoms with Crippen LogP contribution in [0.2, 0.25) is 0 Å². The van der Waals surface area contributed by atoms with Gasteiger partial charge in [-0.2, -0.15) is 0 Å². The van der Waals surface area contributed by atoms with Crippen molar-refractivity contribution in [3.8, 4) is 0 Å². The lowest BCUT2D eigenvalue weighted by molar-refractivity contribution is 0.624. The van der Waals surface area contributed by atoms with Crippen LogP contribution < -0.4 is 0 Å². The average molecular weight is 264 g/mol. The van der Waals surface area contributed by atoms with E-state index in [1.165, 1.54) is 6.07 Å². The Morgan fingerprint density at radius 1 is 1.45 bits per heavy atom. The van der Waals surface area contributed by atoms with Crippen molar-refractivity contribution >= 4 is 22.6 Å². The van der Waals surface area contributed by atoms with Gasteiger partial charge in [-0.15, -0.1) is 0 Å². The van der Waals surface area contributed by atoms with E-state index in [9.17, 15) is 4.39 Å². The zero-order valence-electron chi connectivity index (χ0n) is 6.40. The van der Waals surface area contributed by atoms with Gasteiger partial charge in [0.15, 0.2) is 0 Å². The van der Waals surface area contributed by atoms with E-state index in [1.807, 2.05) is 6.07 Å². The molecule has 0 unspecified atom stereocenters. The Hall–Kier alpha value is -0.120. The van der Waals surface area contributed by atoms with Crippen LogP contribution in [-0.2, 0) is 6.42 Å². The first-order chi connectivity index (χ1) is 5.24. The molecule has 0 atom stereocenters. The number of benzene rings is 1. The van der Waals surface area contributed by atoms with Crippen LogP contribution in [0.25, 0.3) is 0 Å². The quantitative estimate of drug-likeness (QED) is 0.718. The first kappa shape index (κ1) is 8.97. The molecule has 0 spiro atoms. The van der Waals surface area contributed by atoms with Gasteiger partial charge >= 0.3 is 0 Å². The molecular weight excluding hydrogens is 254 g/mol. The third-order valence-corrected chi connectivity index (χ3v) is 2.58. The number of hydrogen-bond donors (Lipinski definition) is 0. The molecule has 0 bridgehead atoms. The third-order valence-electron chi connectivity index (χ3n) is 1.53. The van der Waals surface area contributed by atoms with Crippen LogP contribution in [-0.4, -0.2) is 0 Å². The Labute approximate surface area is 80.0 Å². The van der Waals surface area contributed by atoms with Crippen LogP contribution in [0.4, 0.5) is 4.39 Å². The molecule has 0 fully saturated rings. The summed E-state index contributed by atoms with van der Waals surface area (Å²) in [5.74, 6) is -0.131. The van der Waals surface area contributed by atoms with Gasteiger partial charge in [-0.1, -0.05) is 13.3 Å². The van der Waals surface area contributed by atoms with Gasteiger partial charge < -0.3 is 0 Å². The number of aryl methyl sites for hydroxylation is 1. The Morgan fingerprint density at radius 3 is 2.82 bits per heavy atom. The van der Waals surface area contributed by atoms with Crippen molar-refractivity contribution in [3.05, 3.63) is 33.1 Å². The smallest absolute Gasteiger partial charge is 0.123 e. The van der Waals surface area contributed by atoms with E-state index in [0.29, 0.717) is 0 Å². The molecule has 0 aromatic heterocycles. The van der Waals surface area contributed by atoms with E-state index in [1.54, 1.807) is 6.07 Å². The normalized spacial score (nSPS) is 10.1. The van der Waals surface area contributed by atoms with Crippen molar-refractivity contribution in [2.45, 2.75) is 19.8 Å². The second-order valence-electron chi connectivity index (χ2n) is 2.49. The Balaban J connectivity index is 2.93. The molecule has 0 amide bonds. The largest absolute Gasteiger partial charge is 0.207 e. The zero-order valence-corrected chi connectivity index (χ0v) is 8.56. The molecular formula is C9H10FI. The highest BCUT2D eigenvalue weighted by atomic mass is 127. The molecule has 0 radical (unpaired) electrons. The van der Waals surface area contributed by atoms with Gasteiger partial charge in [0, 0.05) is 3.57 Å². The summed E-state index contributed by atoms with van der Waals surface area (Å²) in [5, 5.41) is 0. The summed E-state index contributed by atoms with van der Waals surface area (Å²) in [7, 11) is 0. The highest BCUT2D eigenvalue weighted by molar-refractivity contribution is 14.1. The summed E-state index contributed by atoms with van der Waals surface area (Å²) >= 11 is 2.23. The second-order valence-corrected chi connectivity index (χ2v) is 3.65. The minimum atomic E-state index is -0.131. The molecule has 11 heavy (non-hydrogen) atoms. The molecule has 2 heteroatoms. The highest BCUT2D eigenvalue weighted by Crippen LogP contribution is 2.15. The predicted molar refractivity (Wildman–Crippen MR) is 53.1 cm³/mol. The van der Waals surface area contributed by atoms with E-state index in [2.05, 4.69) is 29.5 Å². The first-order valence-corrected chi connectivity index (χ1v) is 4.76. The first-order valence-electron chi connectivity index (χ1n) is 3.68. The van der Waals surface area contributed by atoms with Gasteiger partial charge in [0.05, 0.1) is 0 Å². The van der Waals surface area contributed by atoms with Crippen LogP contribution in [0.15, 0.2) is 18.2 Å². The van der Waals surface area contributed by atoms with Crippen molar-refractivity contribution in [2.75, 3.05) is 0 Å². The van der Waals surface area contributed by atoms with E-state index < -0.39 is 0 Å². The lowest BCUT2D eigenvalue weighted by atomic mass is 10.1. The topological polar surface area (TPSA) is 0 Å². The molecule has 0 aliphatic carbocycles. The Morgan fingerprint density at radius 2 is 2.18 bits per heavy atom. The molecule has 1 aromatic carbocycles. The van der Waals surface area contributed by atoms with Crippen LogP contribution in [0.5, 0.6) is 0 Å². The van der Waals surface area contributed by atoms with Crippen LogP contribution >= 0.6 is 22.6 Å². The van der Waals surface area contributed by atoms with Gasteiger partial charge in [-0.3, -0.25) is 0 Å². The highest BCUT2D eigenvalue weighted by Gasteiger charge is 1.99. The fraction of sp³-hybridized carbons (Fsp3) is 0.333. The maximum atomic E-state index is 12.7. The molecule has 0 aliphatic heterocycles. The van der Waals surface area contributed by atoms with Crippen molar-refractivity contribution in [3.63, 3.8) is 0 Å². The van der Waals surface area contributed by atoms with Crippen LogP contribution in [0.3, 0.4) is 0 Å². The summed E-state index contributed by atoms with van der Waals surface area (Å²) in [6.07, 6.45) is 2.04. The molecule has 60 valence electrons. The van der Waals surface area contributed by atoms with Crippen molar-refractivity contribution in [1.29, 1.82) is 0 Å². The Bertz CT molecular complexity index is 245. The van der Waals surface area contributed by atoms with Crippen molar-refractivity contribution in [1.82, 2.24) is 0 Å². The zero-order chi connectivity index (χ0) is 8.27. The summed E-state index contributed by atoms with van der Waals surface area (Å²) in [6.45, 7) is 2.10. The maximum absolute atomic E-state index is 12.7. The van der Waals surface area contributed by atoms with Gasteiger partial charge in [0.2, 0.25) is 0 Å². The number of hydrogen-bond acceptors (Lipinski definition) is 0. The van der Waals surface area contributed by atoms with Gasteiger partial charge in [-0.25, -0.2) is 4.39 Å². The molecule has 0 saturated heterocycles. The van der Waals surface area contributed by atoms with Crippen molar-refractivity contribution < 1.29 is 4.39 Å². The molecule has 0 nitrogen and oxygen atoms in total. The minimum Gasteiger partial charge on any atom is -0.207 e. The van der Waals surface area contributed by atoms with Crippen molar-refractivity contribution in [2.24, 2.45) is 0 Å². The third kappa shape index (κ3) is 2.43. The van der Waals surface area contributed by atoms with E-state index in [0.717, 1.165) is 22.0 Å². The van der Waals surface area contributed by atoms with E-state index >= 15 is 0 Å². The molecule has 0 heterocycles. The SMILES string of the molecule is CCCc1cc(F)ccc1I. The van der Waals surface area contributed by atoms with Gasteiger partial charge in [0.25, 0.3) is 0 Å². The van der Waals surface area contributed by atoms with Crippen LogP contribution in [0.1, 0.15) is 18.9 Å². The average Bonchev–Trinajstić information content (AvgIpc) is 1.98. The second kappa shape index (κ2) is 4.04.